The smallest absolute Gasteiger partial charge is 0.0580 e. The number of aliphatic hydroxyl groups excluding tert-OH is 1. The Labute approximate surface area is 113 Å². The summed E-state index contributed by atoms with van der Waals surface area (Å²) in [4.78, 5) is 2.58. The molecule has 1 saturated heterocycles. The molecular formula is C16H31NO. The van der Waals surface area contributed by atoms with Gasteiger partial charge in [-0.1, -0.05) is 27.7 Å². The molecule has 3 unspecified atom stereocenters. The van der Waals surface area contributed by atoms with Crippen LogP contribution in [-0.4, -0.2) is 35.7 Å². The summed E-state index contributed by atoms with van der Waals surface area (Å²) in [6, 6.07) is 0. The molecule has 1 aliphatic heterocycles. The number of rotatable bonds is 3. The van der Waals surface area contributed by atoms with Crippen molar-refractivity contribution in [3.8, 4) is 0 Å². The van der Waals surface area contributed by atoms with Gasteiger partial charge in [0.05, 0.1) is 6.10 Å². The van der Waals surface area contributed by atoms with E-state index in [4.69, 9.17) is 0 Å². The van der Waals surface area contributed by atoms with Crippen molar-refractivity contribution in [2.45, 2.75) is 59.5 Å². The van der Waals surface area contributed by atoms with Gasteiger partial charge < -0.3 is 10.0 Å². The first-order valence-electron chi connectivity index (χ1n) is 7.78. The van der Waals surface area contributed by atoms with Gasteiger partial charge in [-0.2, -0.15) is 0 Å². The quantitative estimate of drug-likeness (QED) is 0.835. The van der Waals surface area contributed by atoms with E-state index in [0.29, 0.717) is 11.3 Å². The van der Waals surface area contributed by atoms with E-state index in [0.717, 1.165) is 24.8 Å². The van der Waals surface area contributed by atoms with E-state index >= 15 is 0 Å². The van der Waals surface area contributed by atoms with Crippen molar-refractivity contribution in [1.82, 2.24) is 4.90 Å². The SMILES string of the molecule is CC(C)C1CCC(O)C(CN2CCC(C)(C)C2)C1. The van der Waals surface area contributed by atoms with E-state index in [2.05, 4.69) is 32.6 Å². The zero-order valence-electron chi connectivity index (χ0n) is 12.7. The zero-order chi connectivity index (χ0) is 13.3. The topological polar surface area (TPSA) is 23.5 Å². The van der Waals surface area contributed by atoms with Crippen molar-refractivity contribution in [1.29, 1.82) is 0 Å². The van der Waals surface area contributed by atoms with Gasteiger partial charge in [0.2, 0.25) is 0 Å². The van der Waals surface area contributed by atoms with Crippen molar-refractivity contribution < 1.29 is 5.11 Å². The Balaban J connectivity index is 1.87. The Morgan fingerprint density at radius 1 is 1.28 bits per heavy atom. The molecule has 2 aliphatic rings. The van der Waals surface area contributed by atoms with Crippen LogP contribution in [0.1, 0.15) is 53.4 Å². The summed E-state index contributed by atoms with van der Waals surface area (Å²) >= 11 is 0. The van der Waals surface area contributed by atoms with Gasteiger partial charge in [-0.15, -0.1) is 0 Å². The van der Waals surface area contributed by atoms with Crippen molar-refractivity contribution in [2.75, 3.05) is 19.6 Å². The second-order valence-electron chi connectivity index (χ2n) is 7.79. The van der Waals surface area contributed by atoms with Crippen molar-refractivity contribution in [3.05, 3.63) is 0 Å². The van der Waals surface area contributed by atoms with Crippen LogP contribution in [0, 0.1) is 23.2 Å². The van der Waals surface area contributed by atoms with E-state index in [1.807, 2.05) is 0 Å². The molecule has 0 aromatic rings. The molecule has 1 aliphatic carbocycles. The molecule has 2 nitrogen and oxygen atoms in total. The minimum absolute atomic E-state index is 0.0521. The lowest BCUT2D eigenvalue weighted by Gasteiger charge is -2.37. The Hall–Kier alpha value is -0.0800. The fourth-order valence-corrected chi connectivity index (χ4v) is 3.80. The van der Waals surface area contributed by atoms with Crippen LogP contribution in [-0.2, 0) is 0 Å². The first kappa shape index (κ1) is 14.3. The van der Waals surface area contributed by atoms with Crippen molar-refractivity contribution in [3.63, 3.8) is 0 Å². The van der Waals surface area contributed by atoms with Crippen LogP contribution in [0.3, 0.4) is 0 Å². The fourth-order valence-electron chi connectivity index (χ4n) is 3.80. The van der Waals surface area contributed by atoms with E-state index in [9.17, 15) is 5.11 Å². The third-order valence-corrected chi connectivity index (χ3v) is 5.17. The van der Waals surface area contributed by atoms with Crippen LogP contribution in [0.5, 0.6) is 0 Å². The lowest BCUT2D eigenvalue weighted by Crippen LogP contribution is -2.39. The molecule has 0 aromatic carbocycles. The largest absolute Gasteiger partial charge is 0.393 e. The number of hydrogen-bond acceptors (Lipinski definition) is 2. The molecule has 1 N–H and O–H groups in total. The maximum atomic E-state index is 10.2. The van der Waals surface area contributed by atoms with Gasteiger partial charge >= 0.3 is 0 Å². The first-order valence-corrected chi connectivity index (χ1v) is 7.78. The molecule has 2 rings (SSSR count). The number of hydrogen-bond donors (Lipinski definition) is 1. The highest BCUT2D eigenvalue weighted by atomic mass is 16.3. The monoisotopic (exact) mass is 253 g/mol. The molecule has 18 heavy (non-hydrogen) atoms. The molecule has 0 aromatic heterocycles. The molecule has 0 spiro atoms. The minimum Gasteiger partial charge on any atom is -0.393 e. The van der Waals surface area contributed by atoms with Gasteiger partial charge in [-0.3, -0.25) is 0 Å². The summed E-state index contributed by atoms with van der Waals surface area (Å²) in [7, 11) is 0. The molecule has 2 fully saturated rings. The molecular weight excluding hydrogens is 222 g/mol. The van der Waals surface area contributed by atoms with Gasteiger partial charge in [0.25, 0.3) is 0 Å². The van der Waals surface area contributed by atoms with Gasteiger partial charge in [-0.25, -0.2) is 0 Å². The molecule has 3 atom stereocenters. The molecule has 0 bridgehead atoms. The zero-order valence-corrected chi connectivity index (χ0v) is 12.7. The molecule has 1 heterocycles. The van der Waals surface area contributed by atoms with Gasteiger partial charge in [0.1, 0.15) is 0 Å². The predicted molar refractivity (Wildman–Crippen MR) is 76.5 cm³/mol. The minimum atomic E-state index is -0.0521. The maximum absolute atomic E-state index is 10.2. The average molecular weight is 253 g/mol. The molecule has 2 heteroatoms. The van der Waals surface area contributed by atoms with Crippen LogP contribution in [0.15, 0.2) is 0 Å². The summed E-state index contributed by atoms with van der Waals surface area (Å²) < 4.78 is 0. The number of likely N-dealkylation sites (tertiary alicyclic amines) is 1. The van der Waals surface area contributed by atoms with E-state index in [1.54, 1.807) is 0 Å². The van der Waals surface area contributed by atoms with Crippen LogP contribution in [0.2, 0.25) is 0 Å². The summed E-state index contributed by atoms with van der Waals surface area (Å²) in [5.74, 6) is 2.11. The Morgan fingerprint density at radius 2 is 2.00 bits per heavy atom. The molecule has 0 radical (unpaired) electrons. The van der Waals surface area contributed by atoms with Crippen molar-refractivity contribution >= 4 is 0 Å². The second kappa shape index (κ2) is 5.50. The second-order valence-corrected chi connectivity index (χ2v) is 7.79. The first-order chi connectivity index (χ1) is 8.37. The summed E-state index contributed by atoms with van der Waals surface area (Å²) in [6.45, 7) is 12.9. The lowest BCUT2D eigenvalue weighted by atomic mass is 9.74. The highest BCUT2D eigenvalue weighted by Crippen LogP contribution is 2.36. The van der Waals surface area contributed by atoms with Crippen LogP contribution in [0.4, 0.5) is 0 Å². The third-order valence-electron chi connectivity index (χ3n) is 5.17. The molecule has 1 saturated carbocycles. The maximum Gasteiger partial charge on any atom is 0.0580 e. The van der Waals surface area contributed by atoms with Crippen LogP contribution < -0.4 is 0 Å². The average Bonchev–Trinajstić information content (AvgIpc) is 2.61. The number of nitrogens with zero attached hydrogens (tertiary/aromatic N) is 1. The van der Waals surface area contributed by atoms with Gasteiger partial charge in [-0.05, 0) is 55.4 Å². The Morgan fingerprint density at radius 3 is 2.56 bits per heavy atom. The Kier molecular flexibility index (Phi) is 4.38. The molecule has 106 valence electrons. The van der Waals surface area contributed by atoms with Gasteiger partial charge in [0, 0.05) is 13.1 Å². The number of aliphatic hydroxyl groups is 1. The summed E-state index contributed by atoms with van der Waals surface area (Å²) in [5.41, 5.74) is 0.483. The van der Waals surface area contributed by atoms with E-state index < -0.39 is 0 Å². The Bertz CT molecular complexity index is 274. The van der Waals surface area contributed by atoms with Crippen LogP contribution >= 0.6 is 0 Å². The van der Waals surface area contributed by atoms with E-state index in [1.165, 1.54) is 32.4 Å². The normalized spacial score (nSPS) is 37.3. The fraction of sp³-hybridized carbons (Fsp3) is 1.00. The predicted octanol–water partition coefficient (Wildman–Crippen LogP) is 3.15. The lowest BCUT2D eigenvalue weighted by molar-refractivity contribution is 0.0209. The molecule has 0 amide bonds. The van der Waals surface area contributed by atoms with Crippen LogP contribution in [0.25, 0.3) is 0 Å². The highest BCUT2D eigenvalue weighted by molar-refractivity contribution is 4.88. The highest BCUT2D eigenvalue weighted by Gasteiger charge is 2.35. The van der Waals surface area contributed by atoms with Gasteiger partial charge in [0.15, 0.2) is 0 Å². The summed E-state index contributed by atoms with van der Waals surface area (Å²) in [5, 5.41) is 10.2. The third kappa shape index (κ3) is 3.48. The van der Waals surface area contributed by atoms with E-state index in [-0.39, 0.29) is 6.10 Å². The van der Waals surface area contributed by atoms with Crippen molar-refractivity contribution in [2.24, 2.45) is 23.2 Å². The standard InChI is InChI=1S/C16H31NO/c1-12(2)13-5-6-15(18)14(9-13)10-17-8-7-16(3,4)11-17/h12-15,18H,5-11H2,1-4H3. The summed E-state index contributed by atoms with van der Waals surface area (Å²) in [6.07, 6.45) is 4.73.